The quantitative estimate of drug-likeness (QED) is 0.510. The van der Waals surface area contributed by atoms with Crippen LogP contribution >= 0.6 is 11.3 Å². The summed E-state index contributed by atoms with van der Waals surface area (Å²) in [6.45, 7) is 10.7. The predicted octanol–water partition coefficient (Wildman–Crippen LogP) is 5.84. The van der Waals surface area contributed by atoms with E-state index in [1.54, 1.807) is 6.92 Å². The smallest absolute Gasteiger partial charge is 0.326 e. The molecule has 1 aromatic carbocycles. The Morgan fingerprint density at radius 1 is 1.03 bits per heavy atom. The molecular weight excluding hydrogens is 441 g/mol. The van der Waals surface area contributed by atoms with Crippen LogP contribution in [-0.4, -0.2) is 21.8 Å². The van der Waals surface area contributed by atoms with Gasteiger partial charge in [0.25, 0.3) is 5.91 Å². The van der Waals surface area contributed by atoms with Crippen LogP contribution in [0.15, 0.2) is 18.2 Å². The van der Waals surface area contributed by atoms with Crippen LogP contribution in [0.1, 0.15) is 60.0 Å². The van der Waals surface area contributed by atoms with Gasteiger partial charge in [0.05, 0.1) is 21.8 Å². The van der Waals surface area contributed by atoms with Crippen molar-refractivity contribution < 1.29 is 22.8 Å². The summed E-state index contributed by atoms with van der Waals surface area (Å²) in [6, 6.07) is 3.21. The number of rotatable bonds is 3. The lowest BCUT2D eigenvalue weighted by molar-refractivity contribution is -0.137. The van der Waals surface area contributed by atoms with Crippen molar-refractivity contribution in [3.63, 3.8) is 0 Å². The SMILES string of the molecule is CC(=O)Nc1ccc(NC(=O)c2sc3nc(C(C)(C)C)nc(C)c3c2C)c(C(F)(F)F)c1. The number of aryl methyl sites for hydroxylation is 2. The maximum atomic E-state index is 13.6. The number of benzene rings is 1. The van der Waals surface area contributed by atoms with Gasteiger partial charge in [-0.1, -0.05) is 20.8 Å². The molecule has 0 spiro atoms. The second kappa shape index (κ2) is 8.16. The monoisotopic (exact) mass is 464 g/mol. The number of hydrogen-bond donors (Lipinski definition) is 2. The number of aromatic nitrogens is 2. The van der Waals surface area contributed by atoms with E-state index in [9.17, 15) is 22.8 Å². The Balaban J connectivity index is 2.03. The Kier molecular flexibility index (Phi) is 6.03. The van der Waals surface area contributed by atoms with Crippen molar-refractivity contribution in [3.8, 4) is 0 Å². The van der Waals surface area contributed by atoms with E-state index >= 15 is 0 Å². The molecule has 0 unspecified atom stereocenters. The molecule has 2 heterocycles. The van der Waals surface area contributed by atoms with E-state index in [4.69, 9.17) is 0 Å². The van der Waals surface area contributed by atoms with Gasteiger partial charge in [-0.15, -0.1) is 11.3 Å². The highest BCUT2D eigenvalue weighted by Gasteiger charge is 2.35. The van der Waals surface area contributed by atoms with Crippen molar-refractivity contribution >= 4 is 44.7 Å². The van der Waals surface area contributed by atoms with Crippen molar-refractivity contribution in [2.45, 2.75) is 53.1 Å². The largest absolute Gasteiger partial charge is 0.418 e. The summed E-state index contributed by atoms with van der Waals surface area (Å²) >= 11 is 1.12. The fourth-order valence-corrected chi connectivity index (χ4v) is 4.37. The van der Waals surface area contributed by atoms with Crippen molar-refractivity contribution in [3.05, 3.63) is 45.7 Å². The van der Waals surface area contributed by atoms with E-state index in [-0.39, 0.29) is 16.0 Å². The lowest BCUT2D eigenvalue weighted by Crippen LogP contribution is -2.17. The van der Waals surface area contributed by atoms with Gasteiger partial charge in [0.15, 0.2) is 0 Å². The molecule has 2 N–H and O–H groups in total. The van der Waals surface area contributed by atoms with E-state index in [1.165, 1.54) is 13.0 Å². The summed E-state index contributed by atoms with van der Waals surface area (Å²) in [5.74, 6) is -0.537. The third-order valence-corrected chi connectivity index (χ3v) is 5.93. The highest BCUT2D eigenvalue weighted by Crippen LogP contribution is 2.38. The molecule has 0 fully saturated rings. The highest BCUT2D eigenvalue weighted by atomic mass is 32.1. The molecule has 32 heavy (non-hydrogen) atoms. The maximum Gasteiger partial charge on any atom is 0.418 e. The molecule has 0 atom stereocenters. The second-order valence-electron chi connectivity index (χ2n) is 8.51. The first-order chi connectivity index (χ1) is 14.7. The average Bonchev–Trinajstić information content (AvgIpc) is 2.98. The first-order valence-electron chi connectivity index (χ1n) is 9.77. The van der Waals surface area contributed by atoms with Crippen LogP contribution in [-0.2, 0) is 16.4 Å². The van der Waals surface area contributed by atoms with E-state index in [2.05, 4.69) is 20.6 Å². The van der Waals surface area contributed by atoms with Crippen LogP contribution < -0.4 is 10.6 Å². The number of alkyl halides is 3. The van der Waals surface area contributed by atoms with Crippen LogP contribution in [0.2, 0.25) is 0 Å². The molecule has 0 saturated heterocycles. The zero-order valence-corrected chi connectivity index (χ0v) is 19.3. The van der Waals surface area contributed by atoms with Crippen molar-refractivity contribution in [1.82, 2.24) is 9.97 Å². The van der Waals surface area contributed by atoms with Gasteiger partial charge in [-0.3, -0.25) is 9.59 Å². The minimum Gasteiger partial charge on any atom is -0.326 e. The van der Waals surface area contributed by atoms with Gasteiger partial charge < -0.3 is 10.6 Å². The zero-order valence-electron chi connectivity index (χ0n) is 18.5. The molecule has 3 aromatic rings. The topological polar surface area (TPSA) is 84.0 Å². The van der Waals surface area contributed by atoms with Gasteiger partial charge in [0, 0.05) is 23.4 Å². The Morgan fingerprint density at radius 3 is 2.25 bits per heavy atom. The summed E-state index contributed by atoms with van der Waals surface area (Å²) in [4.78, 5) is 34.2. The molecule has 0 bridgehead atoms. The number of fused-ring (bicyclic) bond motifs is 1. The predicted molar refractivity (Wildman–Crippen MR) is 119 cm³/mol. The Bertz CT molecular complexity index is 1230. The standard InChI is InChI=1S/C22H23F3N4O2S/c1-10-16-11(2)26-20(21(4,5)6)29-19(16)32-17(10)18(31)28-15-8-7-13(27-12(3)30)9-14(15)22(23,24)25/h7-9H,1-6H3,(H,27,30)(H,28,31). The number of nitrogens with zero attached hydrogens (tertiary/aromatic N) is 2. The summed E-state index contributed by atoms with van der Waals surface area (Å²) < 4.78 is 40.8. The number of hydrogen-bond acceptors (Lipinski definition) is 5. The third-order valence-electron chi connectivity index (χ3n) is 4.74. The average molecular weight is 465 g/mol. The maximum absolute atomic E-state index is 13.6. The summed E-state index contributed by atoms with van der Waals surface area (Å²) in [6.07, 6.45) is -4.73. The van der Waals surface area contributed by atoms with Crippen LogP contribution in [0.5, 0.6) is 0 Å². The fraction of sp³-hybridized carbons (Fsp3) is 0.364. The Labute approximate surface area is 187 Å². The van der Waals surface area contributed by atoms with Gasteiger partial charge >= 0.3 is 6.18 Å². The molecule has 0 aliphatic heterocycles. The summed E-state index contributed by atoms with van der Waals surface area (Å²) in [5.41, 5.74) is -0.432. The minimum atomic E-state index is -4.73. The zero-order chi connectivity index (χ0) is 24.0. The Morgan fingerprint density at radius 2 is 1.69 bits per heavy atom. The number of amides is 2. The number of anilines is 2. The van der Waals surface area contributed by atoms with Crippen molar-refractivity contribution in [2.75, 3.05) is 10.6 Å². The number of carbonyl (C=O) groups excluding carboxylic acids is 2. The van der Waals surface area contributed by atoms with Gasteiger partial charge in [0.2, 0.25) is 5.91 Å². The van der Waals surface area contributed by atoms with Gasteiger partial charge in [-0.05, 0) is 37.6 Å². The molecule has 170 valence electrons. The molecule has 0 saturated carbocycles. The normalized spacial score (nSPS) is 12.2. The second-order valence-corrected chi connectivity index (χ2v) is 9.51. The summed E-state index contributed by atoms with van der Waals surface area (Å²) in [7, 11) is 0. The molecule has 0 aliphatic carbocycles. The van der Waals surface area contributed by atoms with Crippen molar-refractivity contribution in [2.24, 2.45) is 0 Å². The first kappa shape index (κ1) is 23.6. The fourth-order valence-electron chi connectivity index (χ4n) is 3.24. The molecule has 3 rings (SSSR count). The van der Waals surface area contributed by atoms with Crippen molar-refractivity contribution in [1.29, 1.82) is 0 Å². The van der Waals surface area contributed by atoms with E-state index in [1.807, 2.05) is 27.7 Å². The van der Waals surface area contributed by atoms with Crippen LogP contribution in [0.4, 0.5) is 24.5 Å². The van der Waals surface area contributed by atoms with E-state index < -0.39 is 29.2 Å². The Hall–Kier alpha value is -3.01. The van der Waals surface area contributed by atoms with Crippen LogP contribution in [0, 0.1) is 13.8 Å². The van der Waals surface area contributed by atoms with Gasteiger partial charge in [0.1, 0.15) is 10.7 Å². The van der Waals surface area contributed by atoms with Gasteiger partial charge in [-0.2, -0.15) is 13.2 Å². The number of nitrogens with one attached hydrogen (secondary N) is 2. The van der Waals surface area contributed by atoms with Gasteiger partial charge in [-0.25, -0.2) is 9.97 Å². The lowest BCUT2D eigenvalue weighted by Gasteiger charge is -2.16. The molecule has 6 nitrogen and oxygen atoms in total. The molecule has 0 aliphatic rings. The molecule has 2 amide bonds. The lowest BCUT2D eigenvalue weighted by atomic mass is 9.95. The minimum absolute atomic E-state index is 0.0125. The highest BCUT2D eigenvalue weighted by molar-refractivity contribution is 7.20. The van der Waals surface area contributed by atoms with Crippen LogP contribution in [0.3, 0.4) is 0 Å². The first-order valence-corrected chi connectivity index (χ1v) is 10.6. The number of halogens is 3. The summed E-state index contributed by atoms with van der Waals surface area (Å²) in [5, 5.41) is 5.41. The van der Waals surface area contributed by atoms with E-state index in [0.717, 1.165) is 28.9 Å². The molecule has 2 aromatic heterocycles. The molecule has 10 heteroatoms. The van der Waals surface area contributed by atoms with E-state index in [0.29, 0.717) is 21.9 Å². The molecule has 0 radical (unpaired) electrons. The number of thiophene rings is 1. The third kappa shape index (κ3) is 4.74. The number of carbonyl (C=O) groups is 2. The van der Waals surface area contributed by atoms with Crippen LogP contribution in [0.25, 0.3) is 10.2 Å². The molecular formula is C22H23F3N4O2S.